The second-order valence-corrected chi connectivity index (χ2v) is 3.20. The molecular weight excluding hydrogens is 220 g/mol. The fraction of sp³-hybridized carbons (Fsp3) is 0. The summed E-state index contributed by atoms with van der Waals surface area (Å²) in [6, 6.07) is 8.00. The van der Waals surface area contributed by atoms with E-state index in [0.29, 0.717) is 17.0 Å². The average molecular weight is 226 g/mol. The van der Waals surface area contributed by atoms with Gasteiger partial charge in [-0.15, -0.1) is 0 Å². The molecule has 0 bridgehead atoms. The average Bonchev–Trinajstić information content (AvgIpc) is 2.39. The maximum absolute atomic E-state index is 10.5. The highest BCUT2D eigenvalue weighted by Crippen LogP contribution is 2.17. The molecule has 0 aliphatic carbocycles. The fourth-order valence-corrected chi connectivity index (χ4v) is 1.29. The maximum atomic E-state index is 10.5. The molecule has 0 spiro atoms. The molecule has 0 aliphatic heterocycles. The Morgan fingerprint density at radius 2 is 2.06 bits per heavy atom. The molecular formula is C11H6N4O2. The highest BCUT2D eigenvalue weighted by molar-refractivity contribution is 5.57. The molecule has 0 unspecified atom stereocenters. The molecule has 82 valence electrons. The van der Waals surface area contributed by atoms with Gasteiger partial charge in [-0.1, -0.05) is 0 Å². The van der Waals surface area contributed by atoms with Crippen molar-refractivity contribution >= 4 is 5.69 Å². The van der Waals surface area contributed by atoms with E-state index in [1.807, 2.05) is 6.07 Å². The topological polar surface area (TPSA) is 92.7 Å². The van der Waals surface area contributed by atoms with E-state index in [9.17, 15) is 10.1 Å². The van der Waals surface area contributed by atoms with Crippen LogP contribution in [0, 0.1) is 21.4 Å². The van der Waals surface area contributed by atoms with Crippen LogP contribution in [0.25, 0.3) is 11.4 Å². The van der Waals surface area contributed by atoms with Crippen LogP contribution in [-0.2, 0) is 0 Å². The lowest BCUT2D eigenvalue weighted by atomic mass is 10.2. The Morgan fingerprint density at radius 3 is 2.65 bits per heavy atom. The Balaban J connectivity index is 2.40. The van der Waals surface area contributed by atoms with Gasteiger partial charge in [-0.3, -0.25) is 15.1 Å². The van der Waals surface area contributed by atoms with Gasteiger partial charge >= 0.3 is 0 Å². The van der Waals surface area contributed by atoms with Crippen molar-refractivity contribution in [1.29, 1.82) is 5.26 Å². The second kappa shape index (κ2) is 4.37. The smallest absolute Gasteiger partial charge is 0.258 e. The van der Waals surface area contributed by atoms with Crippen LogP contribution in [-0.4, -0.2) is 14.9 Å². The summed E-state index contributed by atoms with van der Waals surface area (Å²) in [6.07, 6.45) is 2.66. The van der Waals surface area contributed by atoms with Crippen molar-refractivity contribution in [2.45, 2.75) is 0 Å². The summed E-state index contributed by atoms with van der Waals surface area (Å²) in [5, 5.41) is 19.2. The van der Waals surface area contributed by atoms with Gasteiger partial charge in [0, 0.05) is 12.3 Å². The van der Waals surface area contributed by atoms with Gasteiger partial charge in [0.05, 0.1) is 27.9 Å². The first kappa shape index (κ1) is 10.7. The van der Waals surface area contributed by atoms with E-state index in [-0.39, 0.29) is 5.69 Å². The zero-order valence-electron chi connectivity index (χ0n) is 8.57. The molecule has 6 nitrogen and oxygen atoms in total. The van der Waals surface area contributed by atoms with Crippen molar-refractivity contribution in [3.05, 3.63) is 52.3 Å². The molecule has 0 aliphatic rings. The van der Waals surface area contributed by atoms with Crippen LogP contribution in [0.2, 0.25) is 0 Å². The van der Waals surface area contributed by atoms with Crippen LogP contribution in [0.5, 0.6) is 0 Å². The van der Waals surface area contributed by atoms with Crippen molar-refractivity contribution in [3.8, 4) is 17.5 Å². The Labute approximate surface area is 96.3 Å². The van der Waals surface area contributed by atoms with Crippen molar-refractivity contribution in [3.63, 3.8) is 0 Å². The van der Waals surface area contributed by atoms with Crippen LogP contribution in [0.1, 0.15) is 5.56 Å². The minimum absolute atomic E-state index is 0.0785. The molecule has 0 aromatic carbocycles. The highest BCUT2D eigenvalue weighted by Gasteiger charge is 2.07. The zero-order valence-corrected chi connectivity index (χ0v) is 8.57. The molecule has 0 saturated heterocycles. The van der Waals surface area contributed by atoms with Crippen molar-refractivity contribution in [2.24, 2.45) is 0 Å². The van der Waals surface area contributed by atoms with E-state index >= 15 is 0 Å². The number of nitrogens with zero attached hydrogens (tertiary/aromatic N) is 4. The van der Waals surface area contributed by atoms with Gasteiger partial charge in [-0.05, 0) is 18.2 Å². The van der Waals surface area contributed by atoms with Gasteiger partial charge in [0.2, 0.25) is 0 Å². The zero-order chi connectivity index (χ0) is 12.3. The van der Waals surface area contributed by atoms with E-state index < -0.39 is 4.92 Å². The van der Waals surface area contributed by atoms with E-state index in [2.05, 4.69) is 9.97 Å². The van der Waals surface area contributed by atoms with Gasteiger partial charge in [0.1, 0.15) is 6.20 Å². The monoisotopic (exact) mass is 226 g/mol. The summed E-state index contributed by atoms with van der Waals surface area (Å²) in [4.78, 5) is 17.9. The quantitative estimate of drug-likeness (QED) is 0.576. The molecule has 0 fully saturated rings. The molecule has 0 amide bonds. The molecule has 2 aromatic rings. The summed E-state index contributed by atoms with van der Waals surface area (Å²) < 4.78 is 0. The molecule has 0 radical (unpaired) electrons. The van der Waals surface area contributed by atoms with E-state index in [1.165, 1.54) is 18.3 Å². The van der Waals surface area contributed by atoms with Gasteiger partial charge in [-0.2, -0.15) is 5.26 Å². The molecule has 17 heavy (non-hydrogen) atoms. The minimum atomic E-state index is -0.518. The fourth-order valence-electron chi connectivity index (χ4n) is 1.29. The predicted octanol–water partition coefficient (Wildman–Crippen LogP) is 1.92. The van der Waals surface area contributed by atoms with Gasteiger partial charge in [0.25, 0.3) is 5.69 Å². The summed E-state index contributed by atoms with van der Waals surface area (Å²) in [6.45, 7) is 0. The summed E-state index contributed by atoms with van der Waals surface area (Å²) in [5.74, 6) is 0. The summed E-state index contributed by atoms with van der Waals surface area (Å²) in [5.41, 5.74) is 1.40. The third-order valence-electron chi connectivity index (χ3n) is 2.11. The number of hydrogen-bond acceptors (Lipinski definition) is 5. The lowest BCUT2D eigenvalue weighted by Crippen LogP contribution is -1.91. The Kier molecular flexibility index (Phi) is 2.75. The molecule has 2 heterocycles. The van der Waals surface area contributed by atoms with Crippen molar-refractivity contribution < 1.29 is 4.92 Å². The van der Waals surface area contributed by atoms with Gasteiger partial charge in [-0.25, -0.2) is 4.98 Å². The number of hydrogen-bond donors (Lipinski definition) is 0. The second-order valence-electron chi connectivity index (χ2n) is 3.20. The summed E-state index contributed by atoms with van der Waals surface area (Å²) >= 11 is 0. The predicted molar refractivity (Wildman–Crippen MR) is 58.8 cm³/mol. The Hall–Kier alpha value is -2.81. The number of nitro groups is 1. The number of rotatable bonds is 2. The molecule has 6 heteroatoms. The van der Waals surface area contributed by atoms with Gasteiger partial charge in [0.15, 0.2) is 0 Å². The molecule has 2 aromatic heterocycles. The van der Waals surface area contributed by atoms with Crippen LogP contribution < -0.4 is 0 Å². The highest BCUT2D eigenvalue weighted by atomic mass is 16.6. The summed E-state index contributed by atoms with van der Waals surface area (Å²) in [7, 11) is 0. The first-order valence-electron chi connectivity index (χ1n) is 4.67. The standard InChI is InChI=1S/C11H6N4O2/c12-6-8-3-4-13-11(5-8)10-2-1-9(7-14-10)15(16)17/h1-5,7H. The SMILES string of the molecule is N#Cc1ccnc(-c2ccc([N+](=O)[O-])cn2)c1. The maximum Gasteiger partial charge on any atom is 0.287 e. The Bertz CT molecular complexity index is 602. The molecule has 0 N–H and O–H groups in total. The van der Waals surface area contributed by atoms with Crippen molar-refractivity contribution in [1.82, 2.24) is 9.97 Å². The van der Waals surface area contributed by atoms with Crippen LogP contribution in [0.4, 0.5) is 5.69 Å². The first-order valence-corrected chi connectivity index (χ1v) is 4.67. The van der Waals surface area contributed by atoms with E-state index in [4.69, 9.17) is 5.26 Å². The minimum Gasteiger partial charge on any atom is -0.258 e. The number of aromatic nitrogens is 2. The number of pyridine rings is 2. The third-order valence-corrected chi connectivity index (χ3v) is 2.11. The largest absolute Gasteiger partial charge is 0.287 e. The van der Waals surface area contributed by atoms with Gasteiger partial charge < -0.3 is 0 Å². The lowest BCUT2D eigenvalue weighted by Gasteiger charge is -1.99. The van der Waals surface area contributed by atoms with E-state index in [1.54, 1.807) is 12.1 Å². The number of nitriles is 1. The first-order chi connectivity index (χ1) is 8.20. The van der Waals surface area contributed by atoms with Crippen LogP contribution in [0.3, 0.4) is 0 Å². The van der Waals surface area contributed by atoms with Crippen molar-refractivity contribution in [2.75, 3.05) is 0 Å². The molecule has 0 atom stereocenters. The van der Waals surface area contributed by atoms with Crippen LogP contribution >= 0.6 is 0 Å². The van der Waals surface area contributed by atoms with Crippen LogP contribution in [0.15, 0.2) is 36.7 Å². The Morgan fingerprint density at radius 1 is 1.24 bits per heavy atom. The molecule has 2 rings (SSSR count). The third kappa shape index (κ3) is 2.23. The molecule has 0 saturated carbocycles. The lowest BCUT2D eigenvalue weighted by molar-refractivity contribution is -0.385. The van der Waals surface area contributed by atoms with E-state index in [0.717, 1.165) is 6.20 Å². The normalized spacial score (nSPS) is 9.59.